The Morgan fingerprint density at radius 3 is 0.821 bits per heavy atom. The van der Waals surface area contributed by atoms with Crippen LogP contribution in [0.2, 0.25) is 0 Å². The van der Waals surface area contributed by atoms with Crippen LogP contribution in [-0.4, -0.2) is 0 Å². The van der Waals surface area contributed by atoms with E-state index in [-0.39, 0.29) is 32.5 Å². The molecule has 0 fully saturated rings. The Balaban J connectivity index is 3.40. The van der Waals surface area contributed by atoms with Crippen LogP contribution in [-0.2, 0) is 0 Å². The summed E-state index contributed by atoms with van der Waals surface area (Å²) in [6, 6.07) is 0. The van der Waals surface area contributed by atoms with Crippen LogP contribution in [0.1, 0.15) is 111 Å². The fraction of sp³-hybridized carbons (Fsp3) is 0.786. The number of allylic oxidation sites excluding steroid dienone is 6. The third-order valence-corrected chi connectivity index (χ3v) is 11.9. The highest BCUT2D eigenvalue weighted by molar-refractivity contribution is 5.49. The minimum Gasteiger partial charge on any atom is -0.0676 e. The van der Waals surface area contributed by atoms with E-state index in [1.165, 1.54) is 0 Å². The van der Waals surface area contributed by atoms with Gasteiger partial charge in [0.1, 0.15) is 0 Å². The lowest BCUT2D eigenvalue weighted by Crippen LogP contribution is -2.58. The van der Waals surface area contributed by atoms with Gasteiger partial charge in [-0.2, -0.15) is 0 Å². The molecule has 0 amide bonds. The lowest BCUT2D eigenvalue weighted by atomic mass is 9.39. The highest BCUT2D eigenvalue weighted by Gasteiger charge is 2.65. The number of rotatable bonds is 0. The van der Waals surface area contributed by atoms with Gasteiger partial charge in [0.25, 0.3) is 0 Å². The third kappa shape index (κ3) is 2.14. The second kappa shape index (κ2) is 5.89. The van der Waals surface area contributed by atoms with Crippen molar-refractivity contribution in [3.05, 3.63) is 33.4 Å². The maximum Gasteiger partial charge on any atom is 0.0180 e. The van der Waals surface area contributed by atoms with Gasteiger partial charge in [-0.3, -0.25) is 0 Å². The van der Waals surface area contributed by atoms with Crippen molar-refractivity contribution in [2.45, 2.75) is 111 Å². The Morgan fingerprint density at radius 2 is 0.536 bits per heavy atom. The number of hydrogen-bond donors (Lipinski definition) is 0. The summed E-state index contributed by atoms with van der Waals surface area (Å²) >= 11 is 0. The molecule has 3 rings (SSSR count). The molecule has 3 aliphatic rings. The zero-order valence-corrected chi connectivity index (χ0v) is 22.0. The average Bonchev–Trinajstić information content (AvgIpc) is 2.60. The van der Waals surface area contributed by atoms with Gasteiger partial charge in [-0.05, 0) is 68.6 Å². The standard InChI is InChI=1S/C28H48/c1-17-18(2)24(9,10)28(16)25(11,12)19(3)21(5)27(15,23(17,7)8)22(6)20(4)26(28,13)14/h1-16H3/b18-17-,21-19+,22-20+. The fourth-order valence-corrected chi connectivity index (χ4v) is 7.69. The Hall–Kier alpha value is -0.780. The van der Waals surface area contributed by atoms with Gasteiger partial charge in [0.2, 0.25) is 0 Å². The van der Waals surface area contributed by atoms with E-state index in [2.05, 4.69) is 111 Å². The van der Waals surface area contributed by atoms with Gasteiger partial charge < -0.3 is 0 Å². The molecule has 3 aliphatic carbocycles. The highest BCUT2D eigenvalue weighted by atomic mass is 14.7. The van der Waals surface area contributed by atoms with E-state index in [0.29, 0.717) is 0 Å². The largest absolute Gasteiger partial charge is 0.0676 e. The summed E-state index contributed by atoms with van der Waals surface area (Å²) in [6.45, 7) is 39.7. The van der Waals surface area contributed by atoms with Gasteiger partial charge in [-0.1, -0.05) is 103 Å². The van der Waals surface area contributed by atoms with Crippen LogP contribution in [0.15, 0.2) is 33.4 Å². The minimum atomic E-state index is 0.00278. The molecule has 0 aromatic carbocycles. The first kappa shape index (κ1) is 23.5. The summed E-state index contributed by atoms with van der Waals surface area (Å²) in [6.07, 6.45) is 0. The first-order valence-electron chi connectivity index (χ1n) is 11.2. The Morgan fingerprint density at radius 1 is 0.321 bits per heavy atom. The molecule has 2 bridgehead atoms. The summed E-state index contributed by atoms with van der Waals surface area (Å²) < 4.78 is 0. The molecule has 0 aromatic heterocycles. The van der Waals surface area contributed by atoms with Crippen molar-refractivity contribution in [3.8, 4) is 0 Å². The van der Waals surface area contributed by atoms with Crippen molar-refractivity contribution < 1.29 is 0 Å². The van der Waals surface area contributed by atoms with Crippen LogP contribution in [0.5, 0.6) is 0 Å². The van der Waals surface area contributed by atoms with Crippen LogP contribution >= 0.6 is 0 Å². The summed E-state index contributed by atoms with van der Waals surface area (Å²) in [4.78, 5) is 0. The lowest BCUT2D eigenvalue weighted by molar-refractivity contribution is -0.0808. The SMILES string of the molecule is C/C1=C(\C)C(C)(C)C2(C)C(C)(C)/C(C)=C(\C)C(C)(/C(C)=C(\C)C2(C)C)C1(C)C. The molecule has 0 heterocycles. The molecular weight excluding hydrogens is 336 g/mol. The molecule has 0 heteroatoms. The van der Waals surface area contributed by atoms with Gasteiger partial charge in [0.15, 0.2) is 0 Å². The second-order valence-electron chi connectivity index (χ2n) is 12.5. The molecule has 0 nitrogen and oxygen atoms in total. The van der Waals surface area contributed by atoms with E-state index < -0.39 is 0 Å². The number of fused-ring (bicyclic) bond motifs is 4. The molecule has 0 saturated heterocycles. The zero-order valence-electron chi connectivity index (χ0n) is 22.0. The highest BCUT2D eigenvalue weighted by Crippen LogP contribution is 2.73. The molecule has 0 spiro atoms. The predicted octanol–water partition coefficient (Wildman–Crippen LogP) is 9.14. The summed E-state index contributed by atoms with van der Waals surface area (Å²) in [5, 5.41) is 0. The van der Waals surface area contributed by atoms with Gasteiger partial charge >= 0.3 is 0 Å². The third-order valence-electron chi connectivity index (χ3n) is 11.9. The molecular formula is C28H48. The fourth-order valence-electron chi connectivity index (χ4n) is 7.69. The van der Waals surface area contributed by atoms with Crippen molar-refractivity contribution in [2.24, 2.45) is 32.5 Å². The van der Waals surface area contributed by atoms with E-state index >= 15 is 0 Å². The van der Waals surface area contributed by atoms with Crippen molar-refractivity contribution in [2.75, 3.05) is 0 Å². The molecule has 160 valence electrons. The van der Waals surface area contributed by atoms with Crippen LogP contribution < -0.4 is 0 Å². The topological polar surface area (TPSA) is 0 Å². The minimum absolute atomic E-state index is 0.00278. The van der Waals surface area contributed by atoms with Crippen LogP contribution in [0.3, 0.4) is 0 Å². The maximum atomic E-state index is 2.58. The van der Waals surface area contributed by atoms with Gasteiger partial charge in [0.05, 0.1) is 0 Å². The second-order valence-corrected chi connectivity index (χ2v) is 12.5. The number of hydrogen-bond acceptors (Lipinski definition) is 0. The maximum absolute atomic E-state index is 2.58. The molecule has 0 unspecified atom stereocenters. The van der Waals surface area contributed by atoms with Crippen LogP contribution in [0, 0.1) is 32.5 Å². The Labute approximate surface area is 177 Å². The summed E-state index contributed by atoms with van der Waals surface area (Å²) in [5.74, 6) is 0. The monoisotopic (exact) mass is 384 g/mol. The molecule has 0 saturated carbocycles. The van der Waals surface area contributed by atoms with E-state index in [0.717, 1.165) is 0 Å². The van der Waals surface area contributed by atoms with Crippen molar-refractivity contribution >= 4 is 0 Å². The molecule has 0 N–H and O–H groups in total. The molecule has 28 heavy (non-hydrogen) atoms. The smallest absolute Gasteiger partial charge is 0.0180 e. The van der Waals surface area contributed by atoms with Crippen LogP contribution in [0.25, 0.3) is 0 Å². The van der Waals surface area contributed by atoms with E-state index in [1.54, 1.807) is 33.4 Å². The normalized spacial score (nSPS) is 44.6. The average molecular weight is 385 g/mol. The molecule has 0 radical (unpaired) electrons. The quantitative estimate of drug-likeness (QED) is 0.365. The first-order valence-corrected chi connectivity index (χ1v) is 11.2. The predicted molar refractivity (Wildman–Crippen MR) is 126 cm³/mol. The van der Waals surface area contributed by atoms with Gasteiger partial charge in [-0.15, -0.1) is 0 Å². The molecule has 0 aromatic rings. The Bertz CT molecular complexity index is 761. The van der Waals surface area contributed by atoms with Gasteiger partial charge in [-0.25, -0.2) is 0 Å². The van der Waals surface area contributed by atoms with Crippen molar-refractivity contribution in [1.82, 2.24) is 0 Å². The first-order chi connectivity index (χ1) is 12.2. The molecule has 0 atom stereocenters. The van der Waals surface area contributed by atoms with E-state index in [9.17, 15) is 0 Å². The Kier molecular flexibility index (Phi) is 4.94. The van der Waals surface area contributed by atoms with E-state index in [4.69, 9.17) is 0 Å². The van der Waals surface area contributed by atoms with E-state index in [1.807, 2.05) is 0 Å². The van der Waals surface area contributed by atoms with Crippen molar-refractivity contribution in [3.63, 3.8) is 0 Å². The zero-order chi connectivity index (χ0) is 22.5. The summed E-state index contributed by atoms with van der Waals surface area (Å²) in [7, 11) is 0. The van der Waals surface area contributed by atoms with Crippen LogP contribution in [0.4, 0.5) is 0 Å². The van der Waals surface area contributed by atoms with Crippen molar-refractivity contribution in [1.29, 1.82) is 0 Å². The summed E-state index contributed by atoms with van der Waals surface area (Å²) in [5.41, 5.74) is 9.76. The lowest BCUT2D eigenvalue weighted by Gasteiger charge is -2.65. The van der Waals surface area contributed by atoms with Gasteiger partial charge in [0, 0.05) is 5.41 Å². The molecule has 0 aliphatic heterocycles.